The molecule has 24 heavy (non-hydrogen) atoms. The van der Waals surface area contributed by atoms with E-state index in [1.54, 1.807) is 0 Å². The molecule has 0 aliphatic rings. The van der Waals surface area contributed by atoms with Crippen molar-refractivity contribution in [2.45, 2.75) is 0 Å². The Morgan fingerprint density at radius 1 is 0.542 bits per heavy atom. The van der Waals surface area contributed by atoms with Gasteiger partial charge in [-0.05, 0) is 38.6 Å². The fourth-order valence-corrected chi connectivity index (χ4v) is 3.24. The molecule has 0 saturated heterocycles. The van der Waals surface area contributed by atoms with Gasteiger partial charge in [-0.15, -0.1) is 0 Å². The van der Waals surface area contributed by atoms with Gasteiger partial charge in [0.1, 0.15) is 0 Å². The first kappa shape index (κ1) is 14.5. The van der Waals surface area contributed by atoms with Gasteiger partial charge in [0, 0.05) is 0 Å². The van der Waals surface area contributed by atoms with Crippen molar-refractivity contribution in [2.75, 3.05) is 0 Å². The van der Waals surface area contributed by atoms with Gasteiger partial charge < -0.3 is 0 Å². The molecule has 0 radical (unpaired) electrons. The molecule has 0 spiro atoms. The van der Waals surface area contributed by atoms with E-state index in [9.17, 15) is 0 Å². The van der Waals surface area contributed by atoms with Crippen LogP contribution in [0.15, 0.2) is 97.6 Å². The summed E-state index contributed by atoms with van der Waals surface area (Å²) in [6.07, 6.45) is 1.94. The minimum atomic E-state index is 1.17. The molecule has 0 atom stereocenters. The van der Waals surface area contributed by atoms with Crippen LogP contribution in [0.25, 0.3) is 39.1 Å². The lowest BCUT2D eigenvalue weighted by Crippen LogP contribution is -1.87. The molecule has 0 aliphatic heterocycles. The molecule has 0 heterocycles. The first-order valence-electron chi connectivity index (χ1n) is 8.17. The predicted octanol–water partition coefficient (Wildman–Crippen LogP) is 6.82. The number of rotatable bonds is 3. The summed E-state index contributed by atoms with van der Waals surface area (Å²) in [4.78, 5) is 0. The zero-order chi connectivity index (χ0) is 16.4. The van der Waals surface area contributed by atoms with Crippen molar-refractivity contribution in [1.82, 2.24) is 0 Å². The first-order valence-corrected chi connectivity index (χ1v) is 8.17. The van der Waals surface area contributed by atoms with Crippen LogP contribution in [-0.4, -0.2) is 0 Å². The summed E-state index contributed by atoms with van der Waals surface area (Å²) >= 11 is 0. The number of hydrogen-bond donors (Lipinski definition) is 0. The van der Waals surface area contributed by atoms with Crippen LogP contribution in [0.2, 0.25) is 0 Å². The van der Waals surface area contributed by atoms with E-state index in [4.69, 9.17) is 0 Å². The van der Waals surface area contributed by atoms with E-state index in [2.05, 4.69) is 91.5 Å². The highest BCUT2D eigenvalue weighted by molar-refractivity contribution is 6.00. The molecular formula is C24H18. The van der Waals surface area contributed by atoms with E-state index in [0.717, 1.165) is 0 Å². The summed E-state index contributed by atoms with van der Waals surface area (Å²) in [7, 11) is 0. The monoisotopic (exact) mass is 306 g/mol. The molecule has 0 amide bonds. The molecule has 0 fully saturated rings. The Bertz CT molecular complexity index is 993. The number of fused-ring (bicyclic) bond motifs is 1. The molecule has 4 aromatic rings. The summed E-state index contributed by atoms with van der Waals surface area (Å²) in [6, 6.07) is 32.1. The van der Waals surface area contributed by atoms with Gasteiger partial charge >= 0.3 is 0 Å². The molecule has 4 aromatic carbocycles. The summed E-state index contributed by atoms with van der Waals surface area (Å²) in [5.74, 6) is 0. The normalized spacial score (nSPS) is 10.7. The lowest BCUT2D eigenvalue weighted by Gasteiger charge is -2.12. The zero-order valence-corrected chi connectivity index (χ0v) is 13.4. The van der Waals surface area contributed by atoms with Crippen LogP contribution < -0.4 is 0 Å². The van der Waals surface area contributed by atoms with Crippen LogP contribution in [0.3, 0.4) is 0 Å². The lowest BCUT2D eigenvalue weighted by atomic mass is 9.92. The predicted molar refractivity (Wildman–Crippen MR) is 105 cm³/mol. The average molecular weight is 306 g/mol. The van der Waals surface area contributed by atoms with E-state index in [1.807, 2.05) is 12.1 Å². The van der Waals surface area contributed by atoms with E-state index in [1.165, 1.54) is 38.6 Å². The summed E-state index contributed by atoms with van der Waals surface area (Å²) < 4.78 is 0. The Hall–Kier alpha value is -3.12. The van der Waals surface area contributed by atoms with Crippen molar-refractivity contribution in [3.8, 4) is 22.3 Å². The lowest BCUT2D eigenvalue weighted by molar-refractivity contribution is 1.59. The quantitative estimate of drug-likeness (QED) is 0.389. The Balaban J connectivity index is 1.87. The molecule has 0 bridgehead atoms. The second kappa shape index (κ2) is 6.17. The van der Waals surface area contributed by atoms with Crippen LogP contribution in [-0.2, 0) is 0 Å². The van der Waals surface area contributed by atoms with Gasteiger partial charge in [-0.2, -0.15) is 0 Å². The second-order valence-corrected chi connectivity index (χ2v) is 5.90. The highest BCUT2D eigenvalue weighted by atomic mass is 14.1. The van der Waals surface area contributed by atoms with Crippen molar-refractivity contribution >= 4 is 16.8 Å². The van der Waals surface area contributed by atoms with Gasteiger partial charge in [-0.3, -0.25) is 0 Å². The highest BCUT2D eigenvalue weighted by Crippen LogP contribution is 2.34. The Morgan fingerprint density at radius 3 is 1.92 bits per heavy atom. The van der Waals surface area contributed by atoms with Crippen molar-refractivity contribution in [3.63, 3.8) is 0 Å². The molecule has 0 heteroatoms. The van der Waals surface area contributed by atoms with Crippen molar-refractivity contribution in [2.24, 2.45) is 0 Å². The van der Waals surface area contributed by atoms with Gasteiger partial charge in [-0.1, -0.05) is 104 Å². The molecule has 4 rings (SSSR count). The Morgan fingerprint density at radius 2 is 1.17 bits per heavy atom. The van der Waals surface area contributed by atoms with E-state index in [0.29, 0.717) is 0 Å². The van der Waals surface area contributed by atoms with Crippen LogP contribution in [0.5, 0.6) is 0 Å². The molecule has 0 nitrogen and oxygen atoms in total. The number of hydrogen-bond acceptors (Lipinski definition) is 0. The van der Waals surface area contributed by atoms with Crippen LogP contribution in [0.1, 0.15) is 5.56 Å². The average Bonchev–Trinajstić information content (AvgIpc) is 2.68. The Kier molecular flexibility index (Phi) is 3.72. The smallest absolute Gasteiger partial charge is 0.00330 e. The van der Waals surface area contributed by atoms with E-state index in [-0.39, 0.29) is 0 Å². The summed E-state index contributed by atoms with van der Waals surface area (Å²) in [5, 5.41) is 2.52. The second-order valence-electron chi connectivity index (χ2n) is 5.90. The van der Waals surface area contributed by atoms with Gasteiger partial charge in [0.2, 0.25) is 0 Å². The van der Waals surface area contributed by atoms with Crippen LogP contribution in [0, 0.1) is 0 Å². The third kappa shape index (κ3) is 2.53. The van der Waals surface area contributed by atoms with Gasteiger partial charge in [0.05, 0.1) is 0 Å². The Labute approximate surface area is 142 Å². The molecular weight excluding hydrogens is 288 g/mol. The molecule has 0 saturated carbocycles. The molecule has 0 N–H and O–H groups in total. The van der Waals surface area contributed by atoms with Crippen molar-refractivity contribution in [3.05, 3.63) is 103 Å². The summed E-state index contributed by atoms with van der Waals surface area (Å²) in [6.45, 7) is 3.99. The molecule has 0 unspecified atom stereocenters. The third-order valence-corrected chi connectivity index (χ3v) is 4.46. The minimum absolute atomic E-state index is 1.17. The topological polar surface area (TPSA) is 0 Å². The van der Waals surface area contributed by atoms with E-state index < -0.39 is 0 Å². The molecule has 0 aliphatic carbocycles. The third-order valence-electron chi connectivity index (χ3n) is 4.46. The zero-order valence-electron chi connectivity index (χ0n) is 13.4. The SMILES string of the molecule is C=Cc1ccc2ccccc2c1-c1ccc(-c2ccccc2)cc1. The van der Waals surface area contributed by atoms with Crippen LogP contribution in [0.4, 0.5) is 0 Å². The maximum absolute atomic E-state index is 3.99. The fourth-order valence-electron chi connectivity index (χ4n) is 3.24. The maximum atomic E-state index is 3.99. The summed E-state index contributed by atoms with van der Waals surface area (Å²) in [5.41, 5.74) is 6.12. The number of benzene rings is 4. The molecule has 0 aromatic heterocycles. The van der Waals surface area contributed by atoms with Crippen molar-refractivity contribution < 1.29 is 0 Å². The van der Waals surface area contributed by atoms with Crippen LogP contribution >= 0.6 is 0 Å². The van der Waals surface area contributed by atoms with Gasteiger partial charge in [0.25, 0.3) is 0 Å². The van der Waals surface area contributed by atoms with Gasteiger partial charge in [0.15, 0.2) is 0 Å². The largest absolute Gasteiger partial charge is 0.0984 e. The maximum Gasteiger partial charge on any atom is -0.00330 e. The standard InChI is InChI=1S/C24H18/c1-2-18-12-15-21-10-6-7-11-23(21)24(18)22-16-13-20(14-17-22)19-8-4-3-5-9-19/h2-17H,1H2. The first-order chi connectivity index (χ1) is 11.9. The fraction of sp³-hybridized carbons (Fsp3) is 0. The van der Waals surface area contributed by atoms with Crippen molar-refractivity contribution in [1.29, 1.82) is 0 Å². The molecule has 114 valence electrons. The van der Waals surface area contributed by atoms with Gasteiger partial charge in [-0.25, -0.2) is 0 Å². The highest BCUT2D eigenvalue weighted by Gasteiger charge is 2.08. The van der Waals surface area contributed by atoms with E-state index >= 15 is 0 Å². The minimum Gasteiger partial charge on any atom is -0.0984 e.